The first kappa shape index (κ1) is 15.1. The minimum Gasteiger partial charge on any atom is -0.0864 e. The van der Waals surface area contributed by atoms with Gasteiger partial charge in [0.15, 0.2) is 0 Å². The molecule has 18 heavy (non-hydrogen) atoms. The molecule has 0 unspecified atom stereocenters. The summed E-state index contributed by atoms with van der Waals surface area (Å²) < 4.78 is 1.36. The Morgan fingerprint density at radius 2 is 1.22 bits per heavy atom. The normalized spacial score (nSPS) is 23.7. The Hall–Kier alpha value is 0.730. The molecule has 0 aromatic carbocycles. The highest BCUT2D eigenvalue weighted by Crippen LogP contribution is 2.42. The fraction of sp³-hybridized carbons (Fsp3) is 1.00. The Morgan fingerprint density at radius 1 is 0.722 bits per heavy atom. The topological polar surface area (TPSA) is 0 Å². The van der Waals surface area contributed by atoms with Crippen molar-refractivity contribution in [2.24, 2.45) is 17.8 Å². The van der Waals surface area contributed by atoms with Crippen LogP contribution in [-0.4, -0.2) is 4.43 Å². The van der Waals surface area contributed by atoms with Crippen molar-refractivity contribution in [2.45, 2.75) is 83.5 Å². The zero-order chi connectivity index (χ0) is 12.6. The van der Waals surface area contributed by atoms with Crippen LogP contribution in [0.25, 0.3) is 0 Å². The summed E-state index contributed by atoms with van der Waals surface area (Å²) in [5.41, 5.74) is 0. The molecule has 0 radical (unpaired) electrons. The summed E-state index contributed by atoms with van der Waals surface area (Å²) in [4.78, 5) is 0. The van der Waals surface area contributed by atoms with E-state index in [0.29, 0.717) is 0 Å². The van der Waals surface area contributed by atoms with Crippen LogP contribution < -0.4 is 0 Å². The van der Waals surface area contributed by atoms with Crippen LogP contribution in [0.1, 0.15) is 83.5 Å². The summed E-state index contributed by atoms with van der Waals surface area (Å²) in [6.07, 6.45) is 19.9. The van der Waals surface area contributed by atoms with E-state index >= 15 is 0 Å². The molecular formula is C17H31I. The first-order chi connectivity index (χ1) is 8.92. The Bertz CT molecular complexity index is 184. The van der Waals surface area contributed by atoms with E-state index in [-0.39, 0.29) is 0 Å². The zero-order valence-electron chi connectivity index (χ0n) is 12.0. The average molecular weight is 362 g/mol. The van der Waals surface area contributed by atoms with Gasteiger partial charge in [-0.2, -0.15) is 0 Å². The molecule has 0 heterocycles. The van der Waals surface area contributed by atoms with Gasteiger partial charge in [0, 0.05) is 0 Å². The van der Waals surface area contributed by atoms with Crippen molar-refractivity contribution in [1.29, 1.82) is 0 Å². The van der Waals surface area contributed by atoms with E-state index in [1.807, 2.05) is 0 Å². The fourth-order valence-electron chi connectivity index (χ4n) is 4.46. The highest BCUT2D eigenvalue weighted by molar-refractivity contribution is 14.1. The number of unbranched alkanes of at least 4 members (excludes halogenated alkanes) is 1. The van der Waals surface area contributed by atoms with Crippen molar-refractivity contribution >= 4 is 22.6 Å². The van der Waals surface area contributed by atoms with E-state index in [0.717, 1.165) is 17.8 Å². The molecule has 106 valence electrons. The van der Waals surface area contributed by atoms with E-state index in [2.05, 4.69) is 22.6 Å². The predicted octanol–water partition coefficient (Wildman–Crippen LogP) is 6.37. The molecule has 2 fully saturated rings. The Balaban J connectivity index is 1.87. The second-order valence-electron chi connectivity index (χ2n) is 6.64. The molecule has 0 bridgehead atoms. The van der Waals surface area contributed by atoms with Gasteiger partial charge in [-0.3, -0.25) is 0 Å². The molecule has 2 saturated carbocycles. The average Bonchev–Trinajstić information content (AvgIpc) is 2.46. The van der Waals surface area contributed by atoms with E-state index in [4.69, 9.17) is 0 Å². The van der Waals surface area contributed by atoms with Crippen LogP contribution in [0.15, 0.2) is 0 Å². The number of rotatable bonds is 6. The van der Waals surface area contributed by atoms with Gasteiger partial charge in [-0.15, -0.1) is 0 Å². The van der Waals surface area contributed by atoms with E-state index < -0.39 is 0 Å². The van der Waals surface area contributed by atoms with Crippen LogP contribution in [0.4, 0.5) is 0 Å². The van der Waals surface area contributed by atoms with Gasteiger partial charge in [0.1, 0.15) is 0 Å². The quantitative estimate of drug-likeness (QED) is 0.293. The molecule has 1 heteroatoms. The zero-order valence-corrected chi connectivity index (χ0v) is 14.2. The molecule has 0 atom stereocenters. The van der Waals surface area contributed by atoms with Crippen molar-refractivity contribution < 1.29 is 0 Å². The third-order valence-electron chi connectivity index (χ3n) is 5.43. The Morgan fingerprint density at radius 3 is 1.67 bits per heavy atom. The molecule has 2 rings (SSSR count). The lowest BCUT2D eigenvalue weighted by molar-refractivity contribution is 0.132. The number of hydrogen-bond acceptors (Lipinski definition) is 0. The van der Waals surface area contributed by atoms with E-state index in [9.17, 15) is 0 Å². The summed E-state index contributed by atoms with van der Waals surface area (Å²) in [5, 5.41) is 0. The fourth-order valence-corrected chi connectivity index (χ4v) is 4.99. The SMILES string of the molecule is ICCCCC(C1CCCCC1)C1CCCCC1. The first-order valence-corrected chi connectivity index (χ1v) is 10.0. The molecule has 2 aliphatic carbocycles. The largest absolute Gasteiger partial charge is 0.0864 e. The molecule has 0 spiro atoms. The van der Waals surface area contributed by atoms with Crippen LogP contribution in [-0.2, 0) is 0 Å². The van der Waals surface area contributed by atoms with Crippen LogP contribution in [0.5, 0.6) is 0 Å². The molecule has 0 aromatic heterocycles. The van der Waals surface area contributed by atoms with Crippen molar-refractivity contribution in [2.75, 3.05) is 4.43 Å². The van der Waals surface area contributed by atoms with Crippen LogP contribution in [0.2, 0.25) is 0 Å². The molecule has 0 amide bonds. The number of halogens is 1. The molecule has 0 nitrogen and oxygen atoms in total. The van der Waals surface area contributed by atoms with Crippen LogP contribution >= 0.6 is 22.6 Å². The minimum atomic E-state index is 1.11. The van der Waals surface area contributed by atoms with Gasteiger partial charge in [0.05, 0.1) is 0 Å². The Kier molecular flexibility index (Phi) is 7.41. The van der Waals surface area contributed by atoms with Gasteiger partial charge >= 0.3 is 0 Å². The maximum Gasteiger partial charge on any atom is -0.000473 e. The van der Waals surface area contributed by atoms with Gasteiger partial charge in [-0.1, -0.05) is 93.2 Å². The summed E-state index contributed by atoms with van der Waals surface area (Å²) in [6, 6.07) is 0. The third-order valence-corrected chi connectivity index (χ3v) is 6.19. The lowest BCUT2D eigenvalue weighted by Gasteiger charge is -2.38. The molecule has 0 N–H and O–H groups in total. The summed E-state index contributed by atoms with van der Waals surface area (Å²) in [6.45, 7) is 0. The number of hydrogen-bond donors (Lipinski definition) is 0. The molecule has 2 aliphatic rings. The van der Waals surface area contributed by atoms with E-state index in [1.54, 1.807) is 32.1 Å². The summed E-state index contributed by atoms with van der Waals surface area (Å²) in [7, 11) is 0. The Labute approximate surface area is 128 Å². The van der Waals surface area contributed by atoms with Gasteiger partial charge in [-0.25, -0.2) is 0 Å². The monoisotopic (exact) mass is 362 g/mol. The van der Waals surface area contributed by atoms with Gasteiger partial charge < -0.3 is 0 Å². The van der Waals surface area contributed by atoms with Crippen molar-refractivity contribution in [3.8, 4) is 0 Å². The second kappa shape index (κ2) is 8.81. The lowest BCUT2D eigenvalue weighted by Crippen LogP contribution is -2.27. The van der Waals surface area contributed by atoms with Gasteiger partial charge in [-0.05, 0) is 35.0 Å². The summed E-state index contributed by atoms with van der Waals surface area (Å²) in [5.74, 6) is 3.32. The molecular weight excluding hydrogens is 331 g/mol. The smallest absolute Gasteiger partial charge is 0.000473 e. The van der Waals surface area contributed by atoms with Crippen LogP contribution in [0, 0.1) is 17.8 Å². The molecule has 0 aromatic rings. The standard InChI is InChI=1S/C17H31I/c18-14-8-7-13-17(15-9-3-1-4-10-15)16-11-5-2-6-12-16/h15-17H,1-14H2. The highest BCUT2D eigenvalue weighted by atomic mass is 127. The highest BCUT2D eigenvalue weighted by Gasteiger charge is 2.30. The molecule has 0 aliphatic heterocycles. The lowest BCUT2D eigenvalue weighted by atomic mass is 9.68. The first-order valence-electron chi connectivity index (χ1n) is 8.48. The summed E-state index contributed by atoms with van der Waals surface area (Å²) >= 11 is 2.54. The minimum absolute atomic E-state index is 1.11. The predicted molar refractivity (Wildman–Crippen MR) is 89.4 cm³/mol. The maximum atomic E-state index is 2.54. The molecule has 0 saturated heterocycles. The van der Waals surface area contributed by atoms with Gasteiger partial charge in [0.2, 0.25) is 0 Å². The van der Waals surface area contributed by atoms with Gasteiger partial charge in [0.25, 0.3) is 0 Å². The van der Waals surface area contributed by atoms with Crippen LogP contribution in [0.3, 0.4) is 0 Å². The van der Waals surface area contributed by atoms with Crippen molar-refractivity contribution in [3.63, 3.8) is 0 Å². The van der Waals surface area contributed by atoms with Crippen molar-refractivity contribution in [3.05, 3.63) is 0 Å². The maximum absolute atomic E-state index is 2.54. The second-order valence-corrected chi connectivity index (χ2v) is 7.72. The number of alkyl halides is 1. The van der Waals surface area contributed by atoms with E-state index in [1.165, 1.54) is 55.8 Å². The third kappa shape index (κ3) is 4.68. The van der Waals surface area contributed by atoms with Crippen molar-refractivity contribution in [1.82, 2.24) is 0 Å².